The molecule has 2 aromatic rings. The molecule has 0 radical (unpaired) electrons. The highest BCUT2D eigenvalue weighted by atomic mass is 16.5. The molecule has 3 aliphatic rings. The molecule has 0 amide bonds. The Labute approximate surface area is 167 Å². The minimum atomic E-state index is 0.474. The van der Waals surface area contributed by atoms with E-state index in [1.807, 2.05) is 0 Å². The Morgan fingerprint density at radius 1 is 1.14 bits per heavy atom. The van der Waals surface area contributed by atoms with Gasteiger partial charge in [0.1, 0.15) is 5.76 Å². The maximum absolute atomic E-state index is 5.89. The number of ether oxygens (including phenoxy) is 1. The molecular formula is C24H31N3O. The third-order valence-corrected chi connectivity index (χ3v) is 6.57. The van der Waals surface area contributed by atoms with E-state index in [9.17, 15) is 0 Å². The second-order valence-corrected chi connectivity index (χ2v) is 8.86. The average Bonchev–Trinajstić information content (AvgIpc) is 3.31. The van der Waals surface area contributed by atoms with Gasteiger partial charge < -0.3 is 19.9 Å². The molecule has 148 valence electrons. The Morgan fingerprint density at radius 2 is 1.96 bits per heavy atom. The number of aromatic amines is 1. The van der Waals surface area contributed by atoms with Crippen molar-refractivity contribution in [2.75, 3.05) is 33.3 Å². The van der Waals surface area contributed by atoms with E-state index >= 15 is 0 Å². The highest BCUT2D eigenvalue weighted by molar-refractivity contribution is 5.92. The van der Waals surface area contributed by atoms with Crippen molar-refractivity contribution in [3.05, 3.63) is 52.6 Å². The SMILES string of the molecule is CC(C)c1c(C2=C3CCOC3=CN(C)C2)[nH]c2ccc(C3CCNCC3)cc12. The Balaban J connectivity index is 1.65. The van der Waals surface area contributed by atoms with Crippen LogP contribution in [0.2, 0.25) is 0 Å². The van der Waals surface area contributed by atoms with Gasteiger partial charge in [0.25, 0.3) is 0 Å². The topological polar surface area (TPSA) is 40.3 Å². The number of benzene rings is 1. The number of aromatic nitrogens is 1. The molecule has 0 spiro atoms. The normalized spacial score (nSPS) is 20.7. The molecule has 1 aromatic heterocycles. The Morgan fingerprint density at radius 3 is 2.75 bits per heavy atom. The molecule has 2 fully saturated rings. The molecule has 5 rings (SSSR count). The highest BCUT2D eigenvalue weighted by Gasteiger charge is 2.29. The van der Waals surface area contributed by atoms with Crippen LogP contribution < -0.4 is 5.32 Å². The minimum Gasteiger partial charge on any atom is -0.491 e. The van der Waals surface area contributed by atoms with Crippen LogP contribution in [0.3, 0.4) is 0 Å². The fourth-order valence-electron chi connectivity index (χ4n) is 5.19. The summed E-state index contributed by atoms with van der Waals surface area (Å²) in [5, 5.41) is 4.90. The lowest BCUT2D eigenvalue weighted by Crippen LogP contribution is -2.26. The smallest absolute Gasteiger partial charge is 0.138 e. The molecule has 4 nitrogen and oxygen atoms in total. The van der Waals surface area contributed by atoms with Gasteiger partial charge >= 0.3 is 0 Å². The first-order valence-electron chi connectivity index (χ1n) is 10.8. The molecule has 2 N–H and O–H groups in total. The summed E-state index contributed by atoms with van der Waals surface area (Å²) in [6, 6.07) is 7.12. The van der Waals surface area contributed by atoms with E-state index in [2.05, 4.69) is 60.5 Å². The van der Waals surface area contributed by atoms with Crippen molar-refractivity contribution in [3.63, 3.8) is 0 Å². The van der Waals surface area contributed by atoms with Crippen molar-refractivity contribution in [2.24, 2.45) is 0 Å². The summed E-state index contributed by atoms with van der Waals surface area (Å²) in [5.74, 6) is 2.22. The lowest BCUT2D eigenvalue weighted by Gasteiger charge is -2.25. The van der Waals surface area contributed by atoms with Gasteiger partial charge in [-0.3, -0.25) is 0 Å². The minimum absolute atomic E-state index is 0.474. The third kappa shape index (κ3) is 2.95. The predicted octanol–water partition coefficient (Wildman–Crippen LogP) is 4.72. The van der Waals surface area contributed by atoms with Crippen LogP contribution in [0.1, 0.15) is 61.8 Å². The molecular weight excluding hydrogens is 346 g/mol. The molecule has 4 heteroatoms. The van der Waals surface area contributed by atoms with Crippen molar-refractivity contribution in [1.29, 1.82) is 0 Å². The summed E-state index contributed by atoms with van der Waals surface area (Å²) >= 11 is 0. The van der Waals surface area contributed by atoms with Gasteiger partial charge in [0, 0.05) is 54.0 Å². The summed E-state index contributed by atoms with van der Waals surface area (Å²) in [6.45, 7) is 8.66. The van der Waals surface area contributed by atoms with Crippen LogP contribution in [-0.2, 0) is 4.74 Å². The molecule has 0 aliphatic carbocycles. The van der Waals surface area contributed by atoms with E-state index in [0.717, 1.165) is 38.4 Å². The zero-order valence-corrected chi connectivity index (χ0v) is 17.3. The Bertz CT molecular complexity index is 960. The number of piperidine rings is 1. The van der Waals surface area contributed by atoms with E-state index in [1.165, 1.54) is 51.7 Å². The fraction of sp³-hybridized carbons (Fsp3) is 0.500. The first-order chi connectivity index (χ1) is 13.6. The number of rotatable bonds is 3. The van der Waals surface area contributed by atoms with Gasteiger partial charge in [0.15, 0.2) is 0 Å². The number of allylic oxidation sites excluding steroid dienone is 1. The highest BCUT2D eigenvalue weighted by Crippen LogP contribution is 2.41. The number of nitrogens with zero attached hydrogens (tertiary/aromatic N) is 1. The van der Waals surface area contributed by atoms with Crippen molar-refractivity contribution in [2.45, 2.75) is 44.9 Å². The van der Waals surface area contributed by atoms with Gasteiger partial charge in [0.05, 0.1) is 6.61 Å². The summed E-state index contributed by atoms with van der Waals surface area (Å²) < 4.78 is 5.89. The molecule has 2 saturated heterocycles. The summed E-state index contributed by atoms with van der Waals surface area (Å²) in [4.78, 5) is 6.04. The maximum atomic E-state index is 5.89. The van der Waals surface area contributed by atoms with Gasteiger partial charge in [-0.25, -0.2) is 0 Å². The van der Waals surface area contributed by atoms with E-state index in [0.29, 0.717) is 11.8 Å². The molecule has 0 bridgehead atoms. The standard InChI is InChI=1S/C24H31N3O/c1-15(2)23-19-12-17(16-6-9-25-10-7-16)4-5-21(19)26-24(23)20-13-27(3)14-22-18(20)8-11-28-22/h4-5,12,14-16,25-26H,6-11,13H2,1-3H3. The van der Waals surface area contributed by atoms with Crippen LogP contribution in [0, 0.1) is 0 Å². The lowest BCUT2D eigenvalue weighted by molar-refractivity contribution is 0.256. The second-order valence-electron chi connectivity index (χ2n) is 8.86. The van der Waals surface area contributed by atoms with Gasteiger partial charge in [-0.1, -0.05) is 19.9 Å². The lowest BCUT2D eigenvalue weighted by atomic mass is 9.87. The van der Waals surface area contributed by atoms with Crippen molar-refractivity contribution < 1.29 is 4.74 Å². The first kappa shape index (κ1) is 17.9. The quantitative estimate of drug-likeness (QED) is 0.813. The number of hydrogen-bond donors (Lipinski definition) is 2. The molecule has 28 heavy (non-hydrogen) atoms. The molecule has 0 saturated carbocycles. The van der Waals surface area contributed by atoms with E-state index in [-0.39, 0.29) is 0 Å². The van der Waals surface area contributed by atoms with E-state index < -0.39 is 0 Å². The molecule has 0 unspecified atom stereocenters. The molecule has 4 heterocycles. The largest absolute Gasteiger partial charge is 0.491 e. The van der Waals surface area contributed by atoms with E-state index in [1.54, 1.807) is 0 Å². The summed E-state index contributed by atoms with van der Waals surface area (Å²) in [7, 11) is 2.14. The van der Waals surface area contributed by atoms with Crippen LogP contribution in [-0.4, -0.2) is 43.2 Å². The number of nitrogens with one attached hydrogen (secondary N) is 2. The van der Waals surface area contributed by atoms with Crippen LogP contribution in [0.15, 0.2) is 35.7 Å². The molecule has 0 atom stereocenters. The summed E-state index contributed by atoms with van der Waals surface area (Å²) in [6.07, 6.45) is 5.65. The van der Waals surface area contributed by atoms with Crippen molar-refractivity contribution in [3.8, 4) is 0 Å². The number of fused-ring (bicyclic) bond motifs is 2. The van der Waals surface area contributed by atoms with Gasteiger partial charge in [-0.15, -0.1) is 0 Å². The van der Waals surface area contributed by atoms with Crippen LogP contribution >= 0.6 is 0 Å². The maximum Gasteiger partial charge on any atom is 0.138 e. The first-order valence-corrected chi connectivity index (χ1v) is 10.8. The van der Waals surface area contributed by atoms with Crippen LogP contribution in [0.4, 0.5) is 0 Å². The fourth-order valence-corrected chi connectivity index (χ4v) is 5.19. The molecule has 1 aromatic carbocycles. The zero-order valence-electron chi connectivity index (χ0n) is 17.3. The van der Waals surface area contributed by atoms with Crippen molar-refractivity contribution >= 4 is 16.5 Å². The Kier molecular flexibility index (Phi) is 4.47. The van der Waals surface area contributed by atoms with Crippen molar-refractivity contribution in [1.82, 2.24) is 15.2 Å². The summed E-state index contributed by atoms with van der Waals surface area (Å²) in [5.41, 5.74) is 8.37. The monoisotopic (exact) mass is 377 g/mol. The third-order valence-electron chi connectivity index (χ3n) is 6.57. The number of hydrogen-bond acceptors (Lipinski definition) is 3. The van der Waals surface area contributed by atoms with E-state index in [4.69, 9.17) is 4.74 Å². The second kappa shape index (κ2) is 7.00. The van der Waals surface area contributed by atoms with Gasteiger partial charge in [-0.05, 0) is 61.0 Å². The Hall–Kier alpha value is -2.20. The molecule has 3 aliphatic heterocycles. The predicted molar refractivity (Wildman–Crippen MR) is 115 cm³/mol. The van der Waals surface area contributed by atoms with Gasteiger partial charge in [-0.2, -0.15) is 0 Å². The van der Waals surface area contributed by atoms with Crippen LogP contribution in [0.5, 0.6) is 0 Å². The van der Waals surface area contributed by atoms with Crippen LogP contribution in [0.25, 0.3) is 16.5 Å². The zero-order chi connectivity index (χ0) is 19.3. The number of H-pyrrole nitrogens is 1. The average molecular weight is 378 g/mol. The number of likely N-dealkylation sites (N-methyl/N-ethyl adjacent to an activating group) is 1. The van der Waals surface area contributed by atoms with Gasteiger partial charge in [0.2, 0.25) is 0 Å².